The van der Waals surface area contributed by atoms with Gasteiger partial charge in [-0.05, 0) is 49.7 Å². The lowest BCUT2D eigenvalue weighted by Crippen LogP contribution is -2.43. The molecule has 2 aromatic rings. The number of ether oxygens (including phenoxy) is 1. The standard InChI is InChI=1S/C23H33N5O/c1-29-14-6-12-28-22(20-15-19(20)21-9-4-5-11-24-21)25-26-23(28)27-13-10-17-7-2-3-8-18(17)16-27/h4-5,9,11,17-20H,2-3,6-8,10,12-16H2,1H3/t17?,18?,19-,20-/m1/s1. The highest BCUT2D eigenvalue weighted by atomic mass is 16.5. The van der Waals surface area contributed by atoms with Crippen molar-refractivity contribution < 1.29 is 4.74 Å². The zero-order valence-electron chi connectivity index (χ0n) is 17.5. The van der Waals surface area contributed by atoms with Gasteiger partial charge in [-0.25, -0.2) is 0 Å². The predicted octanol–water partition coefficient (Wildman–Crippen LogP) is 4.00. The summed E-state index contributed by atoms with van der Waals surface area (Å²) >= 11 is 0. The van der Waals surface area contributed by atoms with Crippen molar-refractivity contribution in [3.05, 3.63) is 35.9 Å². The third-order valence-electron chi connectivity index (χ3n) is 7.25. The van der Waals surface area contributed by atoms with E-state index >= 15 is 0 Å². The molecule has 6 nitrogen and oxygen atoms in total. The molecular formula is C23H33N5O. The molecule has 6 heteroatoms. The molecular weight excluding hydrogens is 362 g/mol. The van der Waals surface area contributed by atoms with Crippen molar-refractivity contribution in [1.82, 2.24) is 19.7 Å². The van der Waals surface area contributed by atoms with Crippen LogP contribution in [-0.4, -0.2) is 46.6 Å². The summed E-state index contributed by atoms with van der Waals surface area (Å²) < 4.78 is 7.72. The SMILES string of the molecule is COCCCn1c([C@@H]2C[C@H]2c2ccccn2)nnc1N1CCC2CCCCC2C1. The van der Waals surface area contributed by atoms with Gasteiger partial charge in [-0.2, -0.15) is 0 Å². The van der Waals surface area contributed by atoms with Crippen LogP contribution in [0.5, 0.6) is 0 Å². The summed E-state index contributed by atoms with van der Waals surface area (Å²) in [5.41, 5.74) is 1.19. The summed E-state index contributed by atoms with van der Waals surface area (Å²) in [5.74, 6) is 4.94. The minimum Gasteiger partial charge on any atom is -0.385 e. The van der Waals surface area contributed by atoms with E-state index in [0.717, 1.165) is 62.7 Å². The van der Waals surface area contributed by atoms with Crippen LogP contribution in [0.25, 0.3) is 0 Å². The summed E-state index contributed by atoms with van der Waals surface area (Å²) in [7, 11) is 1.78. The van der Waals surface area contributed by atoms with Crippen LogP contribution < -0.4 is 4.90 Å². The van der Waals surface area contributed by atoms with E-state index in [1.165, 1.54) is 37.8 Å². The topological polar surface area (TPSA) is 56.1 Å². The first-order valence-corrected chi connectivity index (χ1v) is 11.4. The van der Waals surface area contributed by atoms with Gasteiger partial charge < -0.3 is 9.64 Å². The average molecular weight is 396 g/mol. The maximum Gasteiger partial charge on any atom is 0.227 e. The van der Waals surface area contributed by atoms with E-state index in [4.69, 9.17) is 14.9 Å². The molecule has 2 saturated carbocycles. The monoisotopic (exact) mass is 395 g/mol. The summed E-state index contributed by atoms with van der Waals surface area (Å²) in [5, 5.41) is 9.44. The lowest BCUT2D eigenvalue weighted by Gasteiger charge is -2.41. The van der Waals surface area contributed by atoms with Crippen molar-refractivity contribution in [2.24, 2.45) is 11.8 Å². The van der Waals surface area contributed by atoms with Gasteiger partial charge in [-0.3, -0.25) is 9.55 Å². The Bertz CT molecular complexity index is 807. The number of pyridine rings is 1. The van der Waals surface area contributed by atoms with Gasteiger partial charge in [0.05, 0.1) is 0 Å². The van der Waals surface area contributed by atoms with E-state index in [1.54, 1.807) is 7.11 Å². The number of fused-ring (bicyclic) bond motifs is 1. The Morgan fingerprint density at radius 3 is 2.79 bits per heavy atom. The van der Waals surface area contributed by atoms with Gasteiger partial charge in [0, 0.05) is 57.1 Å². The number of nitrogens with zero attached hydrogens (tertiary/aromatic N) is 5. The Kier molecular flexibility index (Phi) is 5.53. The van der Waals surface area contributed by atoms with Gasteiger partial charge in [-0.1, -0.05) is 25.3 Å². The van der Waals surface area contributed by atoms with E-state index in [9.17, 15) is 0 Å². The first kappa shape index (κ1) is 19.0. The summed E-state index contributed by atoms with van der Waals surface area (Å²) in [6, 6.07) is 6.22. The summed E-state index contributed by atoms with van der Waals surface area (Å²) in [6.45, 7) is 3.98. The van der Waals surface area contributed by atoms with E-state index in [-0.39, 0.29) is 0 Å². The van der Waals surface area contributed by atoms with Crippen LogP contribution >= 0.6 is 0 Å². The van der Waals surface area contributed by atoms with Crippen LogP contribution in [0, 0.1) is 11.8 Å². The number of piperidine rings is 1. The molecule has 2 aromatic heterocycles. The fourth-order valence-electron chi connectivity index (χ4n) is 5.58. The molecule has 3 fully saturated rings. The Labute approximate surface area is 173 Å². The maximum absolute atomic E-state index is 5.32. The Balaban J connectivity index is 1.36. The molecule has 1 aliphatic heterocycles. The smallest absolute Gasteiger partial charge is 0.227 e. The highest BCUT2D eigenvalue weighted by molar-refractivity contribution is 5.36. The van der Waals surface area contributed by atoms with Gasteiger partial charge in [-0.15, -0.1) is 10.2 Å². The van der Waals surface area contributed by atoms with Gasteiger partial charge in [0.15, 0.2) is 0 Å². The van der Waals surface area contributed by atoms with E-state index < -0.39 is 0 Å². The van der Waals surface area contributed by atoms with Gasteiger partial charge in [0.25, 0.3) is 0 Å². The van der Waals surface area contributed by atoms with Crippen LogP contribution in [0.4, 0.5) is 5.95 Å². The molecule has 4 atom stereocenters. The Morgan fingerprint density at radius 2 is 1.97 bits per heavy atom. The van der Waals surface area contributed by atoms with Crippen LogP contribution in [0.3, 0.4) is 0 Å². The molecule has 0 N–H and O–H groups in total. The zero-order valence-corrected chi connectivity index (χ0v) is 17.5. The number of methoxy groups -OCH3 is 1. The number of aromatic nitrogens is 4. The molecule has 0 amide bonds. The Hall–Kier alpha value is -1.95. The van der Waals surface area contributed by atoms with Crippen molar-refractivity contribution in [1.29, 1.82) is 0 Å². The quantitative estimate of drug-likeness (QED) is 0.663. The lowest BCUT2D eigenvalue weighted by atomic mass is 9.75. The molecule has 2 unspecified atom stereocenters. The Morgan fingerprint density at radius 1 is 1.07 bits per heavy atom. The van der Waals surface area contributed by atoms with Crippen molar-refractivity contribution in [2.75, 3.05) is 31.7 Å². The summed E-state index contributed by atoms with van der Waals surface area (Å²) in [4.78, 5) is 7.10. The molecule has 3 heterocycles. The first-order valence-electron chi connectivity index (χ1n) is 11.4. The third-order valence-corrected chi connectivity index (χ3v) is 7.25. The second kappa shape index (κ2) is 8.42. The van der Waals surface area contributed by atoms with Crippen molar-refractivity contribution >= 4 is 5.95 Å². The minimum atomic E-state index is 0.445. The third kappa shape index (κ3) is 3.91. The average Bonchev–Trinajstić information content (AvgIpc) is 3.46. The molecule has 0 radical (unpaired) electrons. The molecule has 5 rings (SSSR count). The molecule has 156 valence electrons. The second-order valence-corrected chi connectivity index (χ2v) is 9.10. The van der Waals surface area contributed by atoms with Crippen LogP contribution in [-0.2, 0) is 11.3 Å². The highest BCUT2D eigenvalue weighted by Crippen LogP contribution is 2.53. The van der Waals surface area contributed by atoms with Crippen molar-refractivity contribution in [3.63, 3.8) is 0 Å². The molecule has 29 heavy (non-hydrogen) atoms. The minimum absolute atomic E-state index is 0.445. The molecule has 0 aromatic carbocycles. The number of rotatable bonds is 7. The lowest BCUT2D eigenvalue weighted by molar-refractivity contribution is 0.189. The largest absolute Gasteiger partial charge is 0.385 e. The predicted molar refractivity (Wildman–Crippen MR) is 113 cm³/mol. The zero-order chi connectivity index (χ0) is 19.6. The first-order chi connectivity index (χ1) is 14.3. The maximum atomic E-state index is 5.32. The fraction of sp³-hybridized carbons (Fsp3) is 0.696. The highest BCUT2D eigenvalue weighted by Gasteiger charge is 2.45. The second-order valence-electron chi connectivity index (χ2n) is 9.10. The van der Waals surface area contributed by atoms with E-state index in [2.05, 4.69) is 26.6 Å². The number of hydrogen-bond donors (Lipinski definition) is 0. The van der Waals surface area contributed by atoms with Crippen LogP contribution in [0.15, 0.2) is 24.4 Å². The van der Waals surface area contributed by atoms with E-state index in [0.29, 0.717) is 11.8 Å². The van der Waals surface area contributed by atoms with E-state index in [1.807, 2.05) is 12.3 Å². The molecule has 3 aliphatic rings. The molecule has 0 spiro atoms. The number of hydrogen-bond acceptors (Lipinski definition) is 5. The van der Waals surface area contributed by atoms with Crippen molar-refractivity contribution in [2.45, 2.75) is 63.3 Å². The molecule has 1 saturated heterocycles. The molecule has 0 bridgehead atoms. The normalized spacial score (nSPS) is 28.9. The van der Waals surface area contributed by atoms with Gasteiger partial charge in [0.1, 0.15) is 5.82 Å². The van der Waals surface area contributed by atoms with Gasteiger partial charge >= 0.3 is 0 Å². The number of anilines is 1. The van der Waals surface area contributed by atoms with Gasteiger partial charge in [0.2, 0.25) is 5.95 Å². The van der Waals surface area contributed by atoms with Crippen LogP contribution in [0.2, 0.25) is 0 Å². The summed E-state index contributed by atoms with van der Waals surface area (Å²) in [6.07, 6.45) is 11.0. The van der Waals surface area contributed by atoms with Crippen LogP contribution in [0.1, 0.15) is 68.3 Å². The van der Waals surface area contributed by atoms with Crippen molar-refractivity contribution in [3.8, 4) is 0 Å². The molecule has 2 aliphatic carbocycles. The fourth-order valence-corrected chi connectivity index (χ4v) is 5.58.